The first kappa shape index (κ1) is 57.8. The number of H-pyrrole nitrogens is 1. The topological polar surface area (TPSA) is 214 Å². The lowest BCUT2D eigenvalue weighted by Gasteiger charge is -2.49. The number of aliphatic hydroxyl groups is 2. The number of aliphatic imine (C=N–C) groups is 1. The molecule has 2 fully saturated rings. The smallest absolute Gasteiger partial charge is 0.204 e. The Morgan fingerprint density at radius 3 is 2.54 bits per heavy atom. The fourth-order valence-electron chi connectivity index (χ4n) is 15.2. The molecule has 9 N–H and O–H groups in total. The van der Waals surface area contributed by atoms with Gasteiger partial charge in [-0.25, -0.2) is 4.99 Å². The number of aromatic hydroxyl groups is 1. The maximum absolute atomic E-state index is 14.9. The van der Waals surface area contributed by atoms with Crippen LogP contribution in [-0.2, 0) is 31.1 Å². The molecule has 2 aromatic heterocycles. The maximum Gasteiger partial charge on any atom is 0.204 e. The Bertz CT molecular complexity index is 3940. The number of nitrogens with two attached hydrogens (primary N) is 2. The molecule has 450 valence electrons. The monoisotopic (exact) mass is 1170 g/mol. The van der Waals surface area contributed by atoms with Gasteiger partial charge in [-0.2, -0.15) is 0 Å². The van der Waals surface area contributed by atoms with Gasteiger partial charge in [0.1, 0.15) is 28.3 Å². The lowest BCUT2D eigenvalue weighted by Crippen LogP contribution is -2.60. The van der Waals surface area contributed by atoms with Gasteiger partial charge in [0.2, 0.25) is 5.75 Å². The number of aliphatic hydroxyl groups excluding tert-OH is 2. The highest BCUT2D eigenvalue weighted by Gasteiger charge is 2.52. The van der Waals surface area contributed by atoms with Crippen LogP contribution in [0.25, 0.3) is 39.5 Å². The molecule has 4 aliphatic heterocycles. The van der Waals surface area contributed by atoms with Crippen molar-refractivity contribution in [2.75, 3.05) is 51.5 Å². The normalized spacial score (nSPS) is 22.9. The Kier molecular flexibility index (Phi) is 16.2. The fraction of sp³-hybridized carbons (Fsp3) is 0.370. The molecule has 1 saturated carbocycles. The standard InChI is InChI=1S/C73H80N6O8/c1-43-12-23-57-52-26-28-73(39-52)53-19-16-51(62(36-53)78-72(74)75)34-48(41-80)42-86-68-58(25-14-46-10-7-11-50(33-46)59-37-61(77-71(59)79-30-29-76-40-65(73)79)44(2)32-47-15-24-56(43)60(57)35-47)67-66(63(83)38-64(87-67)49-17-21-54(81)22-18-49)69(70(68)84-3)85-31-27-55(82)20-13-45-8-5-4-6-9-45/h4-11,13,15-22,24,33,35-38,43-44,48,52,55,57,65,76-77,80-82H,12,14,23,25-32,34,39-42H2,1-3H3,(H4,74,75,78). The number of phenols is 1. The minimum absolute atomic E-state index is 0.00533. The third-order valence-electron chi connectivity index (χ3n) is 19.7. The average molecular weight is 1170 g/mol. The van der Waals surface area contributed by atoms with Crippen molar-refractivity contribution in [3.05, 3.63) is 194 Å². The number of piperazine rings is 1. The van der Waals surface area contributed by atoms with Crippen LogP contribution in [0.4, 0.5) is 11.5 Å². The van der Waals surface area contributed by atoms with Gasteiger partial charge in [-0.15, -0.1) is 0 Å². The van der Waals surface area contributed by atoms with Gasteiger partial charge in [0.15, 0.2) is 22.9 Å². The molecule has 6 heterocycles. The summed E-state index contributed by atoms with van der Waals surface area (Å²) in [7, 11) is 1.52. The molecule has 14 rings (SSSR count). The van der Waals surface area contributed by atoms with Gasteiger partial charge in [-0.05, 0) is 156 Å². The van der Waals surface area contributed by atoms with Gasteiger partial charge in [0, 0.05) is 78.4 Å². The van der Waals surface area contributed by atoms with Gasteiger partial charge in [-0.3, -0.25) is 4.79 Å². The lowest BCUT2D eigenvalue weighted by molar-refractivity contribution is 0.157. The molecular weight excluding hydrogens is 1090 g/mol. The number of nitrogens with one attached hydrogen (secondary N) is 2. The van der Waals surface area contributed by atoms with E-state index in [9.17, 15) is 20.1 Å². The van der Waals surface area contributed by atoms with Crippen LogP contribution in [0.2, 0.25) is 0 Å². The summed E-state index contributed by atoms with van der Waals surface area (Å²) >= 11 is 0. The Morgan fingerprint density at radius 1 is 0.874 bits per heavy atom. The van der Waals surface area contributed by atoms with E-state index < -0.39 is 12.0 Å². The maximum atomic E-state index is 14.9. The zero-order valence-electron chi connectivity index (χ0n) is 50.1. The van der Waals surface area contributed by atoms with E-state index in [2.05, 4.69) is 95.8 Å². The number of hydrogen-bond acceptors (Lipinski definition) is 11. The molecule has 14 nitrogen and oxygen atoms in total. The Labute approximate surface area is 508 Å². The van der Waals surface area contributed by atoms with Gasteiger partial charge in [-0.1, -0.05) is 111 Å². The predicted octanol–water partition coefficient (Wildman–Crippen LogP) is 12.1. The fourth-order valence-corrected chi connectivity index (χ4v) is 15.2. The number of rotatable bonds is 10. The molecule has 6 aromatic carbocycles. The van der Waals surface area contributed by atoms with E-state index in [-0.39, 0.29) is 89.0 Å². The second-order valence-electron chi connectivity index (χ2n) is 25.2. The van der Waals surface area contributed by atoms with E-state index in [1.165, 1.54) is 48.4 Å². The van der Waals surface area contributed by atoms with Crippen LogP contribution in [-0.4, -0.2) is 85.0 Å². The molecule has 8 atom stereocenters. The van der Waals surface area contributed by atoms with Crippen LogP contribution < -0.4 is 41.3 Å². The molecule has 6 aliphatic rings. The number of methoxy groups -OCH3 is 1. The SMILES string of the molecule is COc1c2c(c3oc(-c4ccc(O)cc4)cc(=O)c3c1OCCC(O)C=Cc1ccccc1)CCc1cccc(c1)-c1cc3[nH]c1N1CCNCC1C1(CCC(C1)C1CCC(C)c4ccc(cc41)CC3C)c1ccc(c(N=C(N)N)c1)CC(CO)CO2. The average Bonchev–Trinajstić information content (AvgIpc) is 1.76. The van der Waals surface area contributed by atoms with Gasteiger partial charge in [0.25, 0.3) is 0 Å². The zero-order chi connectivity index (χ0) is 59.9. The van der Waals surface area contributed by atoms with E-state index in [1.807, 2.05) is 36.4 Å². The molecule has 1 saturated heterocycles. The highest BCUT2D eigenvalue weighted by atomic mass is 16.5. The number of phenolic OH excluding ortho intramolecular Hbond substituents is 1. The van der Waals surface area contributed by atoms with Crippen molar-refractivity contribution >= 4 is 34.5 Å². The second-order valence-corrected chi connectivity index (χ2v) is 25.2. The number of anilines is 1. The van der Waals surface area contributed by atoms with Gasteiger partial charge >= 0.3 is 0 Å². The molecule has 8 unspecified atom stereocenters. The number of hydrogen-bond donors (Lipinski definition) is 7. The number of aromatic nitrogens is 1. The van der Waals surface area contributed by atoms with Crippen molar-refractivity contribution < 1.29 is 33.9 Å². The summed E-state index contributed by atoms with van der Waals surface area (Å²) in [5.41, 5.74) is 26.1. The van der Waals surface area contributed by atoms with Gasteiger partial charge < -0.3 is 60.6 Å². The van der Waals surface area contributed by atoms with E-state index >= 15 is 0 Å². The third-order valence-corrected chi connectivity index (χ3v) is 19.7. The second kappa shape index (κ2) is 24.5. The molecule has 8 aromatic rings. The quantitative estimate of drug-likeness (QED) is 0.0503. The zero-order valence-corrected chi connectivity index (χ0v) is 50.1. The number of nitrogens with zero attached hydrogens (tertiary/aromatic N) is 2. The Balaban J connectivity index is 0.990. The predicted molar refractivity (Wildman–Crippen MR) is 345 cm³/mol. The highest BCUT2D eigenvalue weighted by molar-refractivity contribution is 5.93. The largest absolute Gasteiger partial charge is 0.508 e. The van der Waals surface area contributed by atoms with E-state index in [1.54, 1.807) is 35.9 Å². The van der Waals surface area contributed by atoms with E-state index in [4.69, 9.17) is 35.1 Å². The first-order chi connectivity index (χ1) is 42.3. The minimum Gasteiger partial charge on any atom is -0.508 e. The molecule has 1 spiro atoms. The Morgan fingerprint density at radius 2 is 1.72 bits per heavy atom. The van der Waals surface area contributed by atoms with E-state index in [0.29, 0.717) is 59.6 Å². The molecule has 0 radical (unpaired) electrons. The Hall–Kier alpha value is -8.30. The van der Waals surface area contributed by atoms with Crippen LogP contribution in [0.15, 0.2) is 148 Å². The number of aryl methyl sites for hydroxylation is 2. The summed E-state index contributed by atoms with van der Waals surface area (Å²) in [5, 5.41) is 37.0. The first-order valence-electron chi connectivity index (χ1n) is 31.3. The van der Waals surface area contributed by atoms with Crippen LogP contribution in [0, 0.1) is 11.8 Å². The molecule has 87 heavy (non-hydrogen) atoms. The van der Waals surface area contributed by atoms with Crippen molar-refractivity contribution in [3.8, 4) is 45.4 Å². The van der Waals surface area contributed by atoms with Crippen molar-refractivity contribution in [2.45, 2.75) is 113 Å². The number of ether oxygens (including phenoxy) is 3. The van der Waals surface area contributed by atoms with Crippen molar-refractivity contribution in [2.24, 2.45) is 28.3 Å². The van der Waals surface area contributed by atoms with Crippen molar-refractivity contribution in [1.29, 1.82) is 0 Å². The number of aromatic amines is 1. The number of fused-ring (bicyclic) bond motifs is 11. The summed E-state index contributed by atoms with van der Waals surface area (Å²) in [6.07, 6.45) is 10.5. The first-order valence-corrected chi connectivity index (χ1v) is 31.3. The third kappa shape index (κ3) is 11.4. The molecule has 2 aliphatic carbocycles. The molecule has 0 amide bonds. The van der Waals surface area contributed by atoms with Crippen LogP contribution in [0.3, 0.4) is 0 Å². The van der Waals surface area contributed by atoms with Crippen LogP contribution in [0.5, 0.6) is 23.0 Å². The number of benzene rings is 6. The minimum atomic E-state index is -0.869. The van der Waals surface area contributed by atoms with Crippen LogP contribution >= 0.6 is 0 Å². The molecular formula is C73H80N6O8. The summed E-state index contributed by atoms with van der Waals surface area (Å²) in [4.78, 5) is 26.7. The van der Waals surface area contributed by atoms with E-state index in [0.717, 1.165) is 79.0 Å². The molecule has 14 heteroatoms. The summed E-state index contributed by atoms with van der Waals surface area (Å²) in [6, 6.07) is 43.1. The van der Waals surface area contributed by atoms with Gasteiger partial charge in [0.05, 0.1) is 38.2 Å². The van der Waals surface area contributed by atoms with Crippen LogP contribution in [0.1, 0.15) is 120 Å². The summed E-state index contributed by atoms with van der Waals surface area (Å²) in [6.45, 7) is 6.98. The summed E-state index contributed by atoms with van der Waals surface area (Å²) in [5.74, 6) is 3.16. The summed E-state index contributed by atoms with van der Waals surface area (Å²) < 4.78 is 27.0. The number of guanidine groups is 1. The molecule has 10 bridgehead atoms. The van der Waals surface area contributed by atoms with Crippen molar-refractivity contribution in [3.63, 3.8) is 0 Å². The van der Waals surface area contributed by atoms with Crippen molar-refractivity contribution in [1.82, 2.24) is 10.3 Å². The highest BCUT2D eigenvalue weighted by Crippen LogP contribution is 2.57. The lowest BCUT2D eigenvalue weighted by atomic mass is 9.67.